The molecule has 0 bridgehead atoms. The van der Waals surface area contributed by atoms with E-state index in [-0.39, 0.29) is 12.1 Å². The van der Waals surface area contributed by atoms with Gasteiger partial charge in [-0.15, -0.1) is 0 Å². The molecule has 1 aliphatic heterocycles. The number of hydrazine groups is 1. The molecule has 4 nitrogen and oxygen atoms in total. The Kier molecular flexibility index (Phi) is 9.48. The van der Waals surface area contributed by atoms with Crippen LogP contribution in [0.25, 0.3) is 0 Å². The molecule has 0 spiro atoms. The Hall–Kier alpha value is -0.160. The molecule has 18 heavy (non-hydrogen) atoms. The normalized spacial score (nSPS) is 22.0. The van der Waals surface area contributed by atoms with Crippen molar-refractivity contribution >= 4 is 0 Å². The van der Waals surface area contributed by atoms with Gasteiger partial charge in [0.1, 0.15) is 0 Å². The van der Waals surface area contributed by atoms with Crippen LogP contribution >= 0.6 is 0 Å². The van der Waals surface area contributed by atoms with Gasteiger partial charge < -0.3 is 9.47 Å². The van der Waals surface area contributed by atoms with Gasteiger partial charge in [0.05, 0.1) is 25.9 Å². The fourth-order valence-electron chi connectivity index (χ4n) is 2.44. The van der Waals surface area contributed by atoms with E-state index in [9.17, 15) is 0 Å². The maximum absolute atomic E-state index is 5.67. The van der Waals surface area contributed by atoms with E-state index in [0.29, 0.717) is 19.8 Å². The third kappa shape index (κ3) is 6.69. The molecule has 0 aromatic rings. The Morgan fingerprint density at radius 1 is 1.11 bits per heavy atom. The Morgan fingerprint density at radius 3 is 2.44 bits per heavy atom. The van der Waals surface area contributed by atoms with Gasteiger partial charge >= 0.3 is 0 Å². The van der Waals surface area contributed by atoms with Crippen molar-refractivity contribution in [3.8, 4) is 0 Å². The summed E-state index contributed by atoms with van der Waals surface area (Å²) < 4.78 is 11.1. The van der Waals surface area contributed by atoms with Crippen LogP contribution in [-0.4, -0.2) is 32.0 Å². The summed E-state index contributed by atoms with van der Waals surface area (Å²) in [6.07, 6.45) is 10.5. The third-order valence-electron chi connectivity index (χ3n) is 3.62. The van der Waals surface area contributed by atoms with Crippen molar-refractivity contribution in [3.05, 3.63) is 0 Å². The molecule has 0 saturated carbocycles. The van der Waals surface area contributed by atoms with Gasteiger partial charge in [-0.2, -0.15) is 0 Å². The fourth-order valence-corrected chi connectivity index (χ4v) is 2.44. The maximum Gasteiger partial charge on any atom is 0.0975 e. The molecule has 1 heterocycles. The monoisotopic (exact) mass is 258 g/mol. The SMILES string of the molecule is CCCCCCCCCC(NN)C1COCCO1. The predicted molar refractivity (Wildman–Crippen MR) is 74.3 cm³/mol. The summed E-state index contributed by atoms with van der Waals surface area (Å²) in [5, 5.41) is 0. The van der Waals surface area contributed by atoms with Crippen molar-refractivity contribution in [2.45, 2.75) is 70.4 Å². The molecule has 108 valence electrons. The summed E-state index contributed by atoms with van der Waals surface area (Å²) in [6, 6.07) is 0.237. The van der Waals surface area contributed by atoms with Gasteiger partial charge in [0.25, 0.3) is 0 Å². The van der Waals surface area contributed by atoms with Gasteiger partial charge in [-0.3, -0.25) is 11.3 Å². The van der Waals surface area contributed by atoms with Gasteiger partial charge in [-0.1, -0.05) is 51.9 Å². The second kappa shape index (κ2) is 10.7. The molecule has 0 radical (unpaired) electrons. The molecule has 1 saturated heterocycles. The topological polar surface area (TPSA) is 56.5 Å². The minimum Gasteiger partial charge on any atom is -0.376 e. The summed E-state index contributed by atoms with van der Waals surface area (Å²) in [4.78, 5) is 0. The number of nitrogens with two attached hydrogens (primary N) is 1. The summed E-state index contributed by atoms with van der Waals surface area (Å²) >= 11 is 0. The number of hydrogen-bond acceptors (Lipinski definition) is 4. The lowest BCUT2D eigenvalue weighted by Gasteiger charge is -2.30. The lowest BCUT2D eigenvalue weighted by Crippen LogP contribution is -2.49. The first-order valence-electron chi connectivity index (χ1n) is 7.54. The van der Waals surface area contributed by atoms with Crippen LogP contribution in [0.4, 0.5) is 0 Å². The van der Waals surface area contributed by atoms with Crippen LogP contribution in [0.2, 0.25) is 0 Å². The molecule has 1 rings (SSSR count). The molecular formula is C14H30N2O2. The van der Waals surface area contributed by atoms with Crippen LogP contribution in [0.5, 0.6) is 0 Å². The molecule has 4 heteroatoms. The van der Waals surface area contributed by atoms with E-state index in [1.54, 1.807) is 0 Å². The molecule has 3 N–H and O–H groups in total. The number of hydrogen-bond donors (Lipinski definition) is 2. The first kappa shape index (κ1) is 15.9. The second-order valence-electron chi connectivity index (χ2n) is 5.17. The van der Waals surface area contributed by atoms with Gasteiger partial charge in [0.2, 0.25) is 0 Å². The van der Waals surface area contributed by atoms with Crippen molar-refractivity contribution in [1.82, 2.24) is 5.43 Å². The quantitative estimate of drug-likeness (QED) is 0.359. The zero-order valence-corrected chi connectivity index (χ0v) is 11.8. The van der Waals surface area contributed by atoms with E-state index in [4.69, 9.17) is 15.3 Å². The van der Waals surface area contributed by atoms with E-state index < -0.39 is 0 Å². The molecule has 2 atom stereocenters. The lowest BCUT2D eigenvalue weighted by molar-refractivity contribution is -0.102. The molecular weight excluding hydrogens is 228 g/mol. The highest BCUT2D eigenvalue weighted by atomic mass is 16.6. The van der Waals surface area contributed by atoms with Gasteiger partial charge in [-0.05, 0) is 6.42 Å². The minimum atomic E-state index is 0.129. The highest BCUT2D eigenvalue weighted by Gasteiger charge is 2.23. The van der Waals surface area contributed by atoms with E-state index in [1.165, 1.54) is 44.9 Å². The van der Waals surface area contributed by atoms with Gasteiger partial charge in [0.15, 0.2) is 0 Å². The van der Waals surface area contributed by atoms with Gasteiger partial charge in [-0.25, -0.2) is 0 Å². The molecule has 1 fully saturated rings. The highest BCUT2D eigenvalue weighted by Crippen LogP contribution is 2.14. The molecule has 0 aromatic heterocycles. The minimum absolute atomic E-state index is 0.129. The average Bonchev–Trinajstić information content (AvgIpc) is 2.43. The summed E-state index contributed by atoms with van der Waals surface area (Å²) in [7, 11) is 0. The Balaban J connectivity index is 2.00. The van der Waals surface area contributed by atoms with E-state index in [1.807, 2.05) is 0 Å². The van der Waals surface area contributed by atoms with Crippen LogP contribution in [-0.2, 0) is 9.47 Å². The maximum atomic E-state index is 5.67. The number of nitrogens with one attached hydrogen (secondary N) is 1. The van der Waals surface area contributed by atoms with Crippen LogP contribution in [0.1, 0.15) is 58.3 Å². The summed E-state index contributed by atoms with van der Waals surface area (Å²) in [6.45, 7) is 4.33. The summed E-state index contributed by atoms with van der Waals surface area (Å²) in [5.41, 5.74) is 2.88. The van der Waals surface area contributed by atoms with Crippen LogP contribution in [0.3, 0.4) is 0 Å². The van der Waals surface area contributed by atoms with Crippen LogP contribution in [0, 0.1) is 0 Å². The third-order valence-corrected chi connectivity index (χ3v) is 3.62. The van der Waals surface area contributed by atoms with E-state index in [2.05, 4.69) is 12.3 Å². The van der Waals surface area contributed by atoms with Gasteiger partial charge in [0, 0.05) is 6.04 Å². The Morgan fingerprint density at radius 2 is 1.83 bits per heavy atom. The average molecular weight is 258 g/mol. The molecule has 1 aliphatic rings. The Labute approximate surface area is 112 Å². The Bertz CT molecular complexity index is 185. The molecule has 0 aromatic carbocycles. The van der Waals surface area contributed by atoms with Crippen LogP contribution < -0.4 is 11.3 Å². The number of rotatable bonds is 10. The van der Waals surface area contributed by atoms with E-state index in [0.717, 1.165) is 6.42 Å². The predicted octanol–water partition coefficient (Wildman–Crippen LogP) is 2.37. The largest absolute Gasteiger partial charge is 0.376 e. The first-order chi connectivity index (χ1) is 8.88. The van der Waals surface area contributed by atoms with E-state index >= 15 is 0 Å². The zero-order valence-electron chi connectivity index (χ0n) is 11.8. The zero-order chi connectivity index (χ0) is 13.1. The molecule has 0 aliphatic carbocycles. The lowest BCUT2D eigenvalue weighted by atomic mass is 10.0. The molecule has 2 unspecified atom stereocenters. The first-order valence-corrected chi connectivity index (χ1v) is 7.54. The van der Waals surface area contributed by atoms with Crippen molar-refractivity contribution < 1.29 is 9.47 Å². The fraction of sp³-hybridized carbons (Fsp3) is 1.00. The van der Waals surface area contributed by atoms with Crippen molar-refractivity contribution in [3.63, 3.8) is 0 Å². The van der Waals surface area contributed by atoms with Crippen LogP contribution in [0.15, 0.2) is 0 Å². The second-order valence-corrected chi connectivity index (χ2v) is 5.17. The van der Waals surface area contributed by atoms with Crippen molar-refractivity contribution in [2.24, 2.45) is 5.84 Å². The highest BCUT2D eigenvalue weighted by molar-refractivity contribution is 4.76. The number of ether oxygens (including phenoxy) is 2. The number of unbranched alkanes of at least 4 members (excludes halogenated alkanes) is 6. The standard InChI is InChI=1S/C14H30N2O2/c1-2-3-4-5-6-7-8-9-13(16-15)14-12-17-10-11-18-14/h13-14,16H,2-12,15H2,1H3. The van der Waals surface area contributed by atoms with Crippen molar-refractivity contribution in [2.75, 3.05) is 19.8 Å². The smallest absolute Gasteiger partial charge is 0.0975 e. The van der Waals surface area contributed by atoms with Crippen molar-refractivity contribution in [1.29, 1.82) is 0 Å². The summed E-state index contributed by atoms with van der Waals surface area (Å²) in [5.74, 6) is 5.60. The molecule has 0 amide bonds.